The summed E-state index contributed by atoms with van der Waals surface area (Å²) in [5.74, 6) is 0.278. The Kier molecular flexibility index (Phi) is 3.63. The van der Waals surface area contributed by atoms with Crippen molar-refractivity contribution < 1.29 is 14.6 Å². The lowest BCUT2D eigenvalue weighted by molar-refractivity contribution is -0.138. The van der Waals surface area contributed by atoms with E-state index < -0.39 is 0 Å². The SMILES string of the molecule is CC1(C)C(O)[C@@H]2CCN(C(=O)OCC3c4ccccc4-c4ccccc43)[C@@H]21. The lowest BCUT2D eigenvalue weighted by Crippen LogP contribution is -2.64. The van der Waals surface area contributed by atoms with Gasteiger partial charge in [0.1, 0.15) is 6.61 Å². The molecule has 3 atom stereocenters. The van der Waals surface area contributed by atoms with Gasteiger partial charge in [0.05, 0.1) is 6.10 Å². The van der Waals surface area contributed by atoms with E-state index in [-0.39, 0.29) is 35.5 Å². The number of nitrogens with zero attached hydrogens (tertiary/aromatic N) is 1. The van der Waals surface area contributed by atoms with Crippen LogP contribution >= 0.6 is 0 Å². The standard InChI is InChI=1S/C23H25NO3/c1-23(2)20-18(21(23)25)11-12-24(20)22(26)27-13-19-16-9-5-3-7-14(16)15-8-4-6-10-17(15)19/h3-10,18-21,25H,11-13H2,1-2H3/t18-,20+,21?/m1/s1. The van der Waals surface area contributed by atoms with Crippen LogP contribution in [0.1, 0.15) is 37.3 Å². The number of hydrogen-bond donors (Lipinski definition) is 1. The number of ether oxygens (including phenoxy) is 1. The maximum atomic E-state index is 12.8. The highest BCUT2D eigenvalue weighted by atomic mass is 16.6. The van der Waals surface area contributed by atoms with Crippen LogP contribution in [0.25, 0.3) is 11.1 Å². The average molecular weight is 363 g/mol. The van der Waals surface area contributed by atoms with Gasteiger partial charge < -0.3 is 14.7 Å². The molecule has 4 heteroatoms. The van der Waals surface area contributed by atoms with Crippen molar-refractivity contribution >= 4 is 6.09 Å². The van der Waals surface area contributed by atoms with E-state index in [0.29, 0.717) is 13.2 Å². The Labute approximate surface area is 159 Å². The second kappa shape index (κ2) is 5.83. The van der Waals surface area contributed by atoms with Gasteiger partial charge in [-0.05, 0) is 28.7 Å². The Morgan fingerprint density at radius 2 is 1.70 bits per heavy atom. The molecule has 0 radical (unpaired) electrons. The van der Waals surface area contributed by atoms with Gasteiger partial charge in [-0.3, -0.25) is 0 Å². The summed E-state index contributed by atoms with van der Waals surface area (Å²) in [7, 11) is 0. The van der Waals surface area contributed by atoms with E-state index in [1.807, 2.05) is 30.9 Å². The van der Waals surface area contributed by atoms with E-state index in [1.165, 1.54) is 22.3 Å². The van der Waals surface area contributed by atoms with Crippen LogP contribution in [0.5, 0.6) is 0 Å². The maximum absolute atomic E-state index is 12.8. The first-order valence-electron chi connectivity index (χ1n) is 9.80. The van der Waals surface area contributed by atoms with Gasteiger partial charge in [0.15, 0.2) is 0 Å². The average Bonchev–Trinajstić information content (AvgIpc) is 3.25. The molecule has 2 fully saturated rings. The van der Waals surface area contributed by atoms with E-state index in [0.717, 1.165) is 6.42 Å². The van der Waals surface area contributed by atoms with Crippen LogP contribution < -0.4 is 0 Å². The predicted octanol–water partition coefficient (Wildman–Crippen LogP) is 4.03. The normalized spacial score (nSPS) is 27.5. The highest BCUT2D eigenvalue weighted by Gasteiger charge is 2.62. The summed E-state index contributed by atoms with van der Waals surface area (Å²) in [6.07, 6.45) is 0.289. The van der Waals surface area contributed by atoms with Crippen molar-refractivity contribution in [2.45, 2.75) is 38.3 Å². The van der Waals surface area contributed by atoms with Crippen LogP contribution in [0, 0.1) is 11.3 Å². The number of benzene rings is 2. The third kappa shape index (κ3) is 2.29. The smallest absolute Gasteiger partial charge is 0.410 e. The van der Waals surface area contributed by atoms with Crippen molar-refractivity contribution in [3.63, 3.8) is 0 Å². The first-order chi connectivity index (χ1) is 13.0. The second-order valence-electron chi connectivity index (χ2n) is 8.66. The van der Waals surface area contributed by atoms with Crippen molar-refractivity contribution in [3.05, 3.63) is 59.7 Å². The van der Waals surface area contributed by atoms with Crippen LogP contribution in [0.2, 0.25) is 0 Å². The molecule has 0 aromatic heterocycles. The number of carbonyl (C=O) groups is 1. The molecule has 0 spiro atoms. The summed E-state index contributed by atoms with van der Waals surface area (Å²) in [4.78, 5) is 14.7. The highest BCUT2D eigenvalue weighted by molar-refractivity contribution is 5.79. The third-order valence-electron chi connectivity index (χ3n) is 6.95. The minimum atomic E-state index is -0.325. The molecule has 4 nitrogen and oxygen atoms in total. The number of carbonyl (C=O) groups excluding carboxylic acids is 1. The van der Waals surface area contributed by atoms with Crippen LogP contribution in [-0.4, -0.2) is 41.4 Å². The van der Waals surface area contributed by atoms with Crippen molar-refractivity contribution in [2.24, 2.45) is 11.3 Å². The minimum absolute atomic E-state index is 0.0831. The molecule has 1 aliphatic heterocycles. The molecule has 1 unspecified atom stereocenters. The Morgan fingerprint density at radius 3 is 2.33 bits per heavy atom. The number of fused-ring (bicyclic) bond motifs is 4. The zero-order valence-corrected chi connectivity index (χ0v) is 15.8. The largest absolute Gasteiger partial charge is 0.448 e. The Hall–Kier alpha value is -2.33. The summed E-state index contributed by atoms with van der Waals surface area (Å²) < 4.78 is 5.81. The lowest BCUT2D eigenvalue weighted by atomic mass is 9.58. The summed E-state index contributed by atoms with van der Waals surface area (Å²) in [6, 6.07) is 16.8. The van der Waals surface area contributed by atoms with Gasteiger partial charge in [-0.15, -0.1) is 0 Å². The van der Waals surface area contributed by atoms with Gasteiger partial charge in [0.25, 0.3) is 0 Å². The predicted molar refractivity (Wildman–Crippen MR) is 103 cm³/mol. The zero-order chi connectivity index (χ0) is 18.8. The second-order valence-corrected chi connectivity index (χ2v) is 8.66. The van der Waals surface area contributed by atoms with Gasteiger partial charge in [0, 0.05) is 29.8 Å². The van der Waals surface area contributed by atoms with E-state index >= 15 is 0 Å². The van der Waals surface area contributed by atoms with Crippen molar-refractivity contribution in [1.29, 1.82) is 0 Å². The molecule has 2 aliphatic carbocycles. The first kappa shape index (κ1) is 16.8. The minimum Gasteiger partial charge on any atom is -0.448 e. The molecule has 1 N–H and O–H groups in total. The van der Waals surface area contributed by atoms with Gasteiger partial charge >= 0.3 is 6.09 Å². The molecular formula is C23H25NO3. The number of amides is 1. The molecule has 1 amide bonds. The van der Waals surface area contributed by atoms with Crippen LogP contribution in [0.4, 0.5) is 4.79 Å². The van der Waals surface area contributed by atoms with E-state index in [2.05, 4.69) is 36.4 Å². The molecule has 1 heterocycles. The number of hydrogen-bond acceptors (Lipinski definition) is 3. The zero-order valence-electron chi connectivity index (χ0n) is 15.8. The van der Waals surface area contributed by atoms with Crippen LogP contribution in [-0.2, 0) is 4.74 Å². The van der Waals surface area contributed by atoms with E-state index in [4.69, 9.17) is 4.74 Å². The topological polar surface area (TPSA) is 49.8 Å². The number of aliphatic hydroxyl groups is 1. The fourth-order valence-electron chi connectivity index (χ4n) is 5.59. The van der Waals surface area contributed by atoms with Gasteiger partial charge in [-0.2, -0.15) is 0 Å². The molecule has 140 valence electrons. The summed E-state index contributed by atoms with van der Waals surface area (Å²) >= 11 is 0. The van der Waals surface area contributed by atoms with Crippen molar-refractivity contribution in [3.8, 4) is 11.1 Å². The van der Waals surface area contributed by atoms with E-state index in [9.17, 15) is 9.90 Å². The molecule has 1 saturated carbocycles. The molecule has 2 aromatic carbocycles. The molecule has 0 bridgehead atoms. The quantitative estimate of drug-likeness (QED) is 0.876. The fraction of sp³-hybridized carbons (Fsp3) is 0.435. The lowest BCUT2D eigenvalue weighted by Gasteiger charge is -2.54. The number of rotatable bonds is 2. The summed E-state index contributed by atoms with van der Waals surface area (Å²) in [6.45, 7) is 5.10. The Balaban J connectivity index is 1.34. The Bertz CT molecular complexity index is 861. The van der Waals surface area contributed by atoms with Gasteiger partial charge in [-0.1, -0.05) is 62.4 Å². The monoisotopic (exact) mass is 363 g/mol. The first-order valence-corrected chi connectivity index (χ1v) is 9.80. The number of aliphatic hydroxyl groups excluding tert-OH is 1. The molecule has 3 aliphatic rings. The molecule has 2 aromatic rings. The van der Waals surface area contributed by atoms with Crippen molar-refractivity contribution in [1.82, 2.24) is 4.90 Å². The third-order valence-corrected chi connectivity index (χ3v) is 6.95. The summed E-state index contributed by atoms with van der Waals surface area (Å²) in [5, 5.41) is 10.3. The molecular weight excluding hydrogens is 338 g/mol. The number of likely N-dealkylation sites (tertiary alicyclic amines) is 1. The highest BCUT2D eigenvalue weighted by Crippen LogP contribution is 2.53. The summed E-state index contributed by atoms with van der Waals surface area (Å²) in [5.41, 5.74) is 4.67. The molecule has 27 heavy (non-hydrogen) atoms. The fourth-order valence-corrected chi connectivity index (χ4v) is 5.59. The van der Waals surface area contributed by atoms with Crippen LogP contribution in [0.3, 0.4) is 0 Å². The van der Waals surface area contributed by atoms with Gasteiger partial charge in [-0.25, -0.2) is 4.79 Å². The molecule has 1 saturated heterocycles. The Morgan fingerprint density at radius 1 is 1.11 bits per heavy atom. The van der Waals surface area contributed by atoms with Crippen LogP contribution in [0.15, 0.2) is 48.5 Å². The van der Waals surface area contributed by atoms with E-state index in [1.54, 1.807) is 0 Å². The van der Waals surface area contributed by atoms with Crippen molar-refractivity contribution in [2.75, 3.05) is 13.2 Å². The maximum Gasteiger partial charge on any atom is 0.410 e. The molecule has 5 rings (SSSR count). The van der Waals surface area contributed by atoms with Gasteiger partial charge in [0.2, 0.25) is 0 Å².